The van der Waals surface area contributed by atoms with E-state index in [2.05, 4.69) is 5.32 Å². The smallest absolute Gasteiger partial charge is 0.251 e. The molecular weight excluding hydrogens is 240 g/mol. The van der Waals surface area contributed by atoms with Gasteiger partial charge in [-0.25, -0.2) is 0 Å². The number of nitrogens with two attached hydrogens (primary N) is 1. The number of carbonyl (C=O) groups is 1. The molecule has 0 saturated heterocycles. The Bertz CT molecular complexity index is 538. The molecule has 0 aliphatic rings. The number of rotatable bonds is 4. The molecule has 0 fully saturated rings. The Morgan fingerprint density at radius 2 is 1.74 bits per heavy atom. The molecule has 0 aromatic heterocycles. The normalized spacial score (nSPS) is 11.8. The molecule has 0 aliphatic carbocycles. The van der Waals surface area contributed by atoms with Crippen LogP contribution in [0.25, 0.3) is 0 Å². The number of phenolic OH excluding ortho intramolecular Hbond substituents is 1. The van der Waals surface area contributed by atoms with Gasteiger partial charge in [-0.1, -0.05) is 30.3 Å². The summed E-state index contributed by atoms with van der Waals surface area (Å²) >= 11 is 0. The molecule has 0 saturated carbocycles. The van der Waals surface area contributed by atoms with E-state index in [1.807, 2.05) is 30.3 Å². The minimum Gasteiger partial charge on any atom is -0.508 e. The molecule has 19 heavy (non-hydrogen) atoms. The van der Waals surface area contributed by atoms with Crippen LogP contribution in [0.1, 0.15) is 22.0 Å². The van der Waals surface area contributed by atoms with E-state index in [1.54, 1.807) is 12.1 Å². The molecule has 0 aliphatic heterocycles. The number of phenols is 1. The van der Waals surface area contributed by atoms with Crippen molar-refractivity contribution in [2.75, 3.05) is 6.54 Å². The van der Waals surface area contributed by atoms with Gasteiger partial charge in [0.05, 0.1) is 6.04 Å². The summed E-state index contributed by atoms with van der Waals surface area (Å²) in [5.74, 6) is -0.0747. The highest BCUT2D eigenvalue weighted by Gasteiger charge is 2.13. The molecule has 4 heteroatoms. The van der Waals surface area contributed by atoms with E-state index in [0.717, 1.165) is 5.56 Å². The molecule has 1 unspecified atom stereocenters. The van der Waals surface area contributed by atoms with Crippen molar-refractivity contribution in [1.29, 1.82) is 0 Å². The zero-order valence-electron chi connectivity index (χ0n) is 10.4. The van der Waals surface area contributed by atoms with E-state index in [9.17, 15) is 9.90 Å². The zero-order chi connectivity index (χ0) is 13.7. The monoisotopic (exact) mass is 256 g/mol. The van der Waals surface area contributed by atoms with Crippen molar-refractivity contribution in [1.82, 2.24) is 5.32 Å². The van der Waals surface area contributed by atoms with E-state index < -0.39 is 0 Å². The van der Waals surface area contributed by atoms with Gasteiger partial charge in [0.2, 0.25) is 0 Å². The highest BCUT2D eigenvalue weighted by Crippen LogP contribution is 2.14. The Morgan fingerprint density at radius 1 is 1.11 bits per heavy atom. The van der Waals surface area contributed by atoms with Crippen LogP contribution in [-0.2, 0) is 0 Å². The fraction of sp³-hybridized carbons (Fsp3) is 0.133. The Kier molecular flexibility index (Phi) is 4.15. The molecule has 4 N–H and O–H groups in total. The SMILES string of the molecule is NCC(NC(=O)c1ccc(O)cc1)c1ccccc1. The van der Waals surface area contributed by atoms with Crippen molar-refractivity contribution >= 4 is 5.91 Å². The first-order valence-corrected chi connectivity index (χ1v) is 6.05. The van der Waals surface area contributed by atoms with Crippen LogP contribution in [0.3, 0.4) is 0 Å². The van der Waals surface area contributed by atoms with Crippen LogP contribution < -0.4 is 11.1 Å². The molecule has 98 valence electrons. The van der Waals surface area contributed by atoms with Gasteiger partial charge >= 0.3 is 0 Å². The van der Waals surface area contributed by atoms with Crippen molar-refractivity contribution in [3.8, 4) is 5.75 Å². The standard InChI is InChI=1S/C15H16N2O2/c16-10-14(11-4-2-1-3-5-11)17-15(19)12-6-8-13(18)9-7-12/h1-9,14,18H,10,16H2,(H,17,19). The molecule has 1 amide bonds. The number of amides is 1. The van der Waals surface area contributed by atoms with Gasteiger partial charge in [-0.05, 0) is 29.8 Å². The van der Waals surface area contributed by atoms with Gasteiger partial charge in [0.1, 0.15) is 5.75 Å². The van der Waals surface area contributed by atoms with Crippen molar-refractivity contribution in [3.63, 3.8) is 0 Å². The van der Waals surface area contributed by atoms with Crippen LogP contribution in [0.4, 0.5) is 0 Å². The Morgan fingerprint density at radius 3 is 2.32 bits per heavy atom. The number of benzene rings is 2. The van der Waals surface area contributed by atoms with Gasteiger partial charge < -0.3 is 16.2 Å². The number of hydrogen-bond donors (Lipinski definition) is 3. The summed E-state index contributed by atoms with van der Waals surface area (Å²) in [4.78, 5) is 12.1. The first-order valence-electron chi connectivity index (χ1n) is 6.05. The van der Waals surface area contributed by atoms with E-state index in [-0.39, 0.29) is 17.7 Å². The summed E-state index contributed by atoms with van der Waals surface area (Å²) < 4.78 is 0. The molecular formula is C15H16N2O2. The molecule has 0 spiro atoms. The minimum atomic E-state index is -0.220. The third-order valence-electron chi connectivity index (χ3n) is 2.87. The van der Waals surface area contributed by atoms with Crippen LogP contribution >= 0.6 is 0 Å². The average molecular weight is 256 g/mol. The Hall–Kier alpha value is -2.33. The quantitative estimate of drug-likeness (QED) is 0.781. The molecule has 4 nitrogen and oxygen atoms in total. The number of hydrogen-bond acceptors (Lipinski definition) is 3. The minimum absolute atomic E-state index is 0.134. The van der Waals surface area contributed by atoms with E-state index in [1.165, 1.54) is 12.1 Å². The topological polar surface area (TPSA) is 75.3 Å². The first-order chi connectivity index (χ1) is 9.20. The molecule has 0 heterocycles. The predicted octanol–water partition coefficient (Wildman–Crippen LogP) is 1.82. The van der Waals surface area contributed by atoms with Crippen molar-refractivity contribution in [2.24, 2.45) is 5.73 Å². The molecule has 2 aromatic rings. The highest BCUT2D eigenvalue weighted by atomic mass is 16.3. The summed E-state index contributed by atoms with van der Waals surface area (Å²) in [6.45, 7) is 0.327. The van der Waals surface area contributed by atoms with E-state index in [0.29, 0.717) is 12.1 Å². The van der Waals surface area contributed by atoms with Gasteiger partial charge in [-0.15, -0.1) is 0 Å². The predicted molar refractivity (Wildman–Crippen MR) is 73.8 cm³/mol. The lowest BCUT2D eigenvalue weighted by molar-refractivity contribution is 0.0938. The van der Waals surface area contributed by atoms with Crippen LogP contribution in [0.5, 0.6) is 5.75 Å². The second kappa shape index (κ2) is 6.02. The molecule has 0 bridgehead atoms. The summed E-state index contributed by atoms with van der Waals surface area (Å²) in [5.41, 5.74) is 7.16. The van der Waals surface area contributed by atoms with Crippen LogP contribution in [0.15, 0.2) is 54.6 Å². The molecule has 2 rings (SSSR count). The number of carbonyl (C=O) groups excluding carboxylic acids is 1. The number of nitrogens with one attached hydrogen (secondary N) is 1. The van der Waals surface area contributed by atoms with Gasteiger partial charge in [-0.3, -0.25) is 4.79 Å². The average Bonchev–Trinajstić information content (AvgIpc) is 2.46. The third kappa shape index (κ3) is 3.33. The lowest BCUT2D eigenvalue weighted by Gasteiger charge is -2.17. The maximum absolute atomic E-state index is 12.1. The summed E-state index contributed by atoms with van der Waals surface area (Å²) in [5, 5.41) is 12.1. The Balaban J connectivity index is 2.10. The summed E-state index contributed by atoms with van der Waals surface area (Å²) in [6, 6.07) is 15.5. The Labute approximate surface area is 111 Å². The van der Waals surface area contributed by atoms with E-state index in [4.69, 9.17) is 5.73 Å². The van der Waals surface area contributed by atoms with Crippen LogP contribution in [-0.4, -0.2) is 17.6 Å². The maximum Gasteiger partial charge on any atom is 0.251 e. The maximum atomic E-state index is 12.1. The van der Waals surface area contributed by atoms with Crippen molar-refractivity contribution in [2.45, 2.75) is 6.04 Å². The number of aromatic hydroxyl groups is 1. The molecule has 1 atom stereocenters. The second-order valence-corrected chi connectivity index (χ2v) is 4.22. The second-order valence-electron chi connectivity index (χ2n) is 4.22. The van der Waals surface area contributed by atoms with Crippen molar-refractivity contribution in [3.05, 3.63) is 65.7 Å². The van der Waals surface area contributed by atoms with Gasteiger partial charge in [-0.2, -0.15) is 0 Å². The third-order valence-corrected chi connectivity index (χ3v) is 2.87. The van der Waals surface area contributed by atoms with Gasteiger partial charge in [0.25, 0.3) is 5.91 Å². The molecule has 2 aromatic carbocycles. The van der Waals surface area contributed by atoms with Crippen LogP contribution in [0.2, 0.25) is 0 Å². The fourth-order valence-corrected chi connectivity index (χ4v) is 1.82. The largest absolute Gasteiger partial charge is 0.508 e. The zero-order valence-corrected chi connectivity index (χ0v) is 10.4. The van der Waals surface area contributed by atoms with Crippen LogP contribution in [0, 0.1) is 0 Å². The summed E-state index contributed by atoms with van der Waals surface area (Å²) in [6.07, 6.45) is 0. The first kappa shape index (κ1) is 13.1. The lowest BCUT2D eigenvalue weighted by atomic mass is 10.1. The lowest BCUT2D eigenvalue weighted by Crippen LogP contribution is -2.33. The molecule has 0 radical (unpaired) electrons. The highest BCUT2D eigenvalue weighted by molar-refractivity contribution is 5.94. The van der Waals surface area contributed by atoms with Gasteiger partial charge in [0, 0.05) is 12.1 Å². The van der Waals surface area contributed by atoms with E-state index >= 15 is 0 Å². The van der Waals surface area contributed by atoms with Crippen molar-refractivity contribution < 1.29 is 9.90 Å². The van der Waals surface area contributed by atoms with Gasteiger partial charge in [0.15, 0.2) is 0 Å². The summed E-state index contributed by atoms with van der Waals surface area (Å²) in [7, 11) is 0. The fourth-order valence-electron chi connectivity index (χ4n) is 1.82.